The average molecular weight is 481 g/mol. The van der Waals surface area contributed by atoms with E-state index < -0.39 is 0 Å². The van der Waals surface area contributed by atoms with Gasteiger partial charge in [0, 0.05) is 31.0 Å². The third-order valence-electron chi connectivity index (χ3n) is 6.09. The number of thiazole rings is 1. The highest BCUT2D eigenvalue weighted by atomic mass is 32.1. The zero-order valence-corrected chi connectivity index (χ0v) is 20.8. The van der Waals surface area contributed by atoms with Gasteiger partial charge in [-0.25, -0.2) is 9.97 Å². The Hall–Kier alpha value is -3.77. The molecule has 0 saturated heterocycles. The quantitative estimate of drug-likeness (QED) is 0.257. The summed E-state index contributed by atoms with van der Waals surface area (Å²) < 4.78 is 3.17. The van der Waals surface area contributed by atoms with Gasteiger partial charge >= 0.3 is 0 Å². The van der Waals surface area contributed by atoms with Crippen LogP contribution in [0.15, 0.2) is 85.5 Å². The van der Waals surface area contributed by atoms with Gasteiger partial charge in [0.25, 0.3) is 5.91 Å². The first-order valence-corrected chi connectivity index (χ1v) is 12.7. The molecule has 0 atom stereocenters. The maximum absolute atomic E-state index is 13.7. The molecule has 0 bridgehead atoms. The van der Waals surface area contributed by atoms with Crippen molar-refractivity contribution in [3.63, 3.8) is 0 Å². The van der Waals surface area contributed by atoms with E-state index in [0.29, 0.717) is 12.1 Å². The van der Waals surface area contributed by atoms with Crippen molar-refractivity contribution in [1.29, 1.82) is 0 Å². The number of imidazole rings is 1. The first-order valence-electron chi connectivity index (χ1n) is 11.8. The number of nitrogens with zero attached hydrogens (tertiary/aromatic N) is 4. The van der Waals surface area contributed by atoms with Crippen molar-refractivity contribution in [2.24, 2.45) is 0 Å². The molecule has 2 aromatic heterocycles. The second-order valence-electron chi connectivity index (χ2n) is 8.90. The van der Waals surface area contributed by atoms with Crippen LogP contribution in [0.5, 0.6) is 0 Å². The van der Waals surface area contributed by atoms with E-state index in [2.05, 4.69) is 67.4 Å². The molecule has 5 rings (SSSR count). The third kappa shape index (κ3) is 5.33. The Morgan fingerprint density at radius 3 is 2.51 bits per heavy atom. The number of carbonyl (C=O) groups excluding carboxylic acids is 1. The van der Waals surface area contributed by atoms with Gasteiger partial charge in [0.05, 0.1) is 16.5 Å². The summed E-state index contributed by atoms with van der Waals surface area (Å²) in [5.41, 5.74) is 6.45. The highest BCUT2D eigenvalue weighted by molar-refractivity contribution is 7.22. The van der Waals surface area contributed by atoms with Gasteiger partial charge in [0.1, 0.15) is 0 Å². The average Bonchev–Trinajstić information content (AvgIpc) is 3.53. The maximum Gasteiger partial charge on any atom is 0.260 e. The first-order chi connectivity index (χ1) is 17.1. The molecule has 1 amide bonds. The summed E-state index contributed by atoms with van der Waals surface area (Å²) in [4.78, 5) is 24.5. The van der Waals surface area contributed by atoms with Gasteiger partial charge in [0.15, 0.2) is 5.13 Å². The molecule has 35 heavy (non-hydrogen) atoms. The number of benzene rings is 3. The van der Waals surface area contributed by atoms with Crippen LogP contribution in [0.1, 0.15) is 39.0 Å². The summed E-state index contributed by atoms with van der Waals surface area (Å²) in [7, 11) is 0. The summed E-state index contributed by atoms with van der Waals surface area (Å²) >= 11 is 1.59. The number of fused-ring (bicyclic) bond motifs is 1. The van der Waals surface area contributed by atoms with Crippen LogP contribution in [0.2, 0.25) is 0 Å². The molecule has 5 aromatic rings. The second-order valence-corrected chi connectivity index (χ2v) is 9.87. The fourth-order valence-electron chi connectivity index (χ4n) is 4.35. The molecule has 2 heterocycles. The lowest BCUT2D eigenvalue weighted by atomic mass is 10.0. The third-order valence-corrected chi connectivity index (χ3v) is 7.32. The Balaban J connectivity index is 1.40. The summed E-state index contributed by atoms with van der Waals surface area (Å²) in [5.74, 6) is -0.0182. The second kappa shape index (κ2) is 10.2. The number of amides is 1. The predicted molar refractivity (Wildman–Crippen MR) is 143 cm³/mol. The normalized spacial score (nSPS) is 11.1. The van der Waals surface area contributed by atoms with Gasteiger partial charge in [-0.3, -0.25) is 9.69 Å². The molecule has 176 valence electrons. The number of hydrogen-bond donors (Lipinski definition) is 0. The fraction of sp³-hybridized carbons (Fsp3) is 0.207. The number of anilines is 1. The smallest absolute Gasteiger partial charge is 0.260 e. The van der Waals surface area contributed by atoms with E-state index in [4.69, 9.17) is 4.98 Å². The summed E-state index contributed by atoms with van der Waals surface area (Å²) in [6.07, 6.45) is 7.18. The molecular weight excluding hydrogens is 452 g/mol. The van der Waals surface area contributed by atoms with Crippen LogP contribution in [0.3, 0.4) is 0 Å². The topological polar surface area (TPSA) is 51.0 Å². The van der Waals surface area contributed by atoms with E-state index >= 15 is 0 Å². The number of hydrogen-bond acceptors (Lipinski definition) is 4. The van der Waals surface area contributed by atoms with E-state index in [1.165, 1.54) is 22.3 Å². The zero-order valence-electron chi connectivity index (χ0n) is 20.0. The van der Waals surface area contributed by atoms with E-state index in [1.54, 1.807) is 23.9 Å². The van der Waals surface area contributed by atoms with E-state index in [0.717, 1.165) is 34.7 Å². The van der Waals surface area contributed by atoms with Gasteiger partial charge in [0.2, 0.25) is 0 Å². The lowest BCUT2D eigenvalue weighted by Gasteiger charge is -2.20. The molecule has 0 aliphatic carbocycles. The van der Waals surface area contributed by atoms with Gasteiger partial charge in [-0.1, -0.05) is 59.9 Å². The molecule has 0 unspecified atom stereocenters. The summed E-state index contributed by atoms with van der Waals surface area (Å²) in [5, 5.41) is 0.748. The zero-order chi connectivity index (χ0) is 24.2. The molecule has 3 aromatic carbocycles. The Morgan fingerprint density at radius 2 is 1.77 bits per heavy atom. The van der Waals surface area contributed by atoms with E-state index in [9.17, 15) is 4.79 Å². The van der Waals surface area contributed by atoms with E-state index in [-0.39, 0.29) is 5.91 Å². The van der Waals surface area contributed by atoms with Crippen LogP contribution in [-0.4, -0.2) is 27.0 Å². The van der Waals surface area contributed by atoms with Crippen molar-refractivity contribution < 1.29 is 4.79 Å². The number of aryl methyl sites for hydroxylation is 3. The van der Waals surface area contributed by atoms with Crippen molar-refractivity contribution in [2.75, 3.05) is 11.4 Å². The lowest BCUT2D eigenvalue weighted by Crippen LogP contribution is -2.32. The molecule has 0 radical (unpaired) electrons. The van der Waals surface area contributed by atoms with Gasteiger partial charge in [-0.05, 0) is 67.1 Å². The number of aromatic nitrogens is 3. The SMILES string of the molecule is Cc1cc(C)c2sc(N(CCCn3ccnc3)C(=O)c3ccc(Cc4ccccc4)cc3)nc2c1. The molecule has 0 aliphatic rings. The maximum atomic E-state index is 13.7. The molecule has 0 saturated carbocycles. The predicted octanol–water partition coefficient (Wildman–Crippen LogP) is 6.44. The summed E-state index contributed by atoms with van der Waals surface area (Å²) in [6, 6.07) is 22.6. The van der Waals surface area contributed by atoms with Crippen molar-refractivity contribution in [3.8, 4) is 0 Å². The molecule has 0 N–H and O–H groups in total. The minimum atomic E-state index is -0.0182. The standard InChI is InChI=1S/C29H28N4OS/c1-21-17-22(2)27-26(18-21)31-29(35-27)33(15-6-14-32-16-13-30-20-32)28(34)25-11-9-24(10-12-25)19-23-7-4-3-5-8-23/h3-5,7-13,16-18,20H,6,14-15,19H2,1-2H3. The number of rotatable bonds is 8. The minimum Gasteiger partial charge on any atom is -0.337 e. The van der Waals surface area contributed by atoms with Gasteiger partial charge < -0.3 is 4.57 Å². The molecule has 0 spiro atoms. The van der Waals surface area contributed by atoms with Crippen molar-refractivity contribution in [2.45, 2.75) is 33.2 Å². The minimum absolute atomic E-state index is 0.0182. The monoisotopic (exact) mass is 480 g/mol. The largest absolute Gasteiger partial charge is 0.337 e. The highest BCUT2D eigenvalue weighted by Gasteiger charge is 2.22. The number of carbonyl (C=O) groups is 1. The van der Waals surface area contributed by atoms with Crippen LogP contribution in [0.25, 0.3) is 10.2 Å². The molecule has 0 fully saturated rings. The fourth-order valence-corrected chi connectivity index (χ4v) is 5.39. The Morgan fingerprint density at radius 1 is 1.00 bits per heavy atom. The van der Waals surface area contributed by atoms with Gasteiger partial charge in [-0.15, -0.1) is 0 Å². The summed E-state index contributed by atoms with van der Waals surface area (Å²) in [6.45, 7) is 5.56. The van der Waals surface area contributed by atoms with Gasteiger partial charge in [-0.2, -0.15) is 0 Å². The van der Waals surface area contributed by atoms with Crippen LogP contribution in [-0.2, 0) is 13.0 Å². The lowest BCUT2D eigenvalue weighted by molar-refractivity contribution is 0.0986. The van der Waals surface area contributed by atoms with Crippen LogP contribution < -0.4 is 4.90 Å². The molecular formula is C29H28N4OS. The Labute approximate surface area is 209 Å². The van der Waals surface area contributed by atoms with Crippen LogP contribution in [0, 0.1) is 13.8 Å². The van der Waals surface area contributed by atoms with Crippen LogP contribution in [0.4, 0.5) is 5.13 Å². The Kier molecular flexibility index (Phi) is 6.73. The van der Waals surface area contributed by atoms with Crippen molar-refractivity contribution in [1.82, 2.24) is 14.5 Å². The highest BCUT2D eigenvalue weighted by Crippen LogP contribution is 2.33. The molecule has 5 nitrogen and oxygen atoms in total. The van der Waals surface area contributed by atoms with Crippen molar-refractivity contribution in [3.05, 3.63) is 113 Å². The molecule has 6 heteroatoms. The Bertz CT molecular complexity index is 1420. The first kappa shape index (κ1) is 23.0. The van der Waals surface area contributed by atoms with E-state index in [1.807, 2.05) is 33.9 Å². The van der Waals surface area contributed by atoms with Crippen molar-refractivity contribution >= 4 is 32.6 Å². The molecule has 0 aliphatic heterocycles. The van der Waals surface area contributed by atoms with Crippen LogP contribution >= 0.6 is 11.3 Å².